The highest BCUT2D eigenvalue weighted by Crippen LogP contribution is 2.18. The molecule has 0 aliphatic carbocycles. The Morgan fingerprint density at radius 1 is 1.33 bits per heavy atom. The highest BCUT2D eigenvalue weighted by atomic mass is 32.2. The minimum absolute atomic E-state index is 0.0274. The number of hydrogen-bond donors (Lipinski definition) is 2. The fraction of sp³-hybridized carbons (Fsp3) is 0.562. The van der Waals surface area contributed by atoms with Crippen LogP contribution in [0.5, 0.6) is 0 Å². The quantitative estimate of drug-likeness (QED) is 0.655. The molecule has 1 aliphatic heterocycles. The molecule has 0 aromatic heterocycles. The molecule has 8 heteroatoms. The summed E-state index contributed by atoms with van der Waals surface area (Å²) in [5.41, 5.74) is 0.189. The number of sulfonamides is 1. The number of benzene rings is 1. The van der Waals surface area contributed by atoms with Gasteiger partial charge in [-0.1, -0.05) is 6.07 Å². The van der Waals surface area contributed by atoms with Crippen molar-refractivity contribution >= 4 is 15.9 Å². The van der Waals surface area contributed by atoms with E-state index in [9.17, 15) is 17.6 Å². The number of alkyl halides is 1. The molecular weight excluding hydrogens is 335 g/mol. The first-order valence-corrected chi connectivity index (χ1v) is 9.53. The first-order valence-electron chi connectivity index (χ1n) is 8.04. The van der Waals surface area contributed by atoms with Gasteiger partial charge in [0.05, 0.1) is 4.90 Å². The van der Waals surface area contributed by atoms with Gasteiger partial charge in [-0.25, -0.2) is 17.5 Å². The van der Waals surface area contributed by atoms with Crippen molar-refractivity contribution in [2.75, 3.05) is 33.0 Å². The van der Waals surface area contributed by atoms with Crippen molar-refractivity contribution in [2.24, 2.45) is 5.92 Å². The number of carbonyl (C=O) groups excluding carboxylic acids is 1. The van der Waals surface area contributed by atoms with Crippen LogP contribution in [0.3, 0.4) is 0 Å². The van der Waals surface area contributed by atoms with E-state index in [1.54, 1.807) is 0 Å². The molecule has 1 atom stereocenters. The van der Waals surface area contributed by atoms with Crippen molar-refractivity contribution < 1.29 is 22.3 Å². The molecule has 1 heterocycles. The van der Waals surface area contributed by atoms with Gasteiger partial charge in [0.2, 0.25) is 10.0 Å². The summed E-state index contributed by atoms with van der Waals surface area (Å²) in [7, 11) is -3.67. The Morgan fingerprint density at radius 3 is 2.88 bits per heavy atom. The summed E-state index contributed by atoms with van der Waals surface area (Å²) < 4.78 is 44.5. The molecule has 1 saturated heterocycles. The van der Waals surface area contributed by atoms with Crippen molar-refractivity contribution in [1.29, 1.82) is 0 Å². The number of hydrogen-bond acceptors (Lipinski definition) is 4. The lowest BCUT2D eigenvalue weighted by molar-refractivity contribution is 0.0950. The third-order valence-corrected chi connectivity index (χ3v) is 5.35. The van der Waals surface area contributed by atoms with Gasteiger partial charge in [-0.3, -0.25) is 4.79 Å². The lowest BCUT2D eigenvalue weighted by Gasteiger charge is -2.10. The van der Waals surface area contributed by atoms with E-state index in [1.807, 2.05) is 0 Å². The fourth-order valence-electron chi connectivity index (χ4n) is 2.56. The molecule has 2 rings (SSSR count). The van der Waals surface area contributed by atoms with E-state index in [2.05, 4.69) is 10.0 Å². The van der Waals surface area contributed by atoms with Crippen molar-refractivity contribution in [3.8, 4) is 0 Å². The van der Waals surface area contributed by atoms with Gasteiger partial charge in [-0.15, -0.1) is 0 Å². The second-order valence-electron chi connectivity index (χ2n) is 5.74. The van der Waals surface area contributed by atoms with E-state index < -0.39 is 22.6 Å². The Kier molecular flexibility index (Phi) is 7.14. The minimum atomic E-state index is -3.67. The molecule has 0 unspecified atom stereocenters. The Morgan fingerprint density at radius 2 is 2.17 bits per heavy atom. The maximum absolute atomic E-state index is 12.3. The van der Waals surface area contributed by atoms with Crippen LogP contribution in [0.4, 0.5) is 4.39 Å². The second kappa shape index (κ2) is 9.10. The van der Waals surface area contributed by atoms with Gasteiger partial charge in [-0.05, 0) is 43.4 Å². The summed E-state index contributed by atoms with van der Waals surface area (Å²) in [6, 6.07) is 5.71. The van der Waals surface area contributed by atoms with E-state index >= 15 is 0 Å². The van der Waals surface area contributed by atoms with Crippen LogP contribution in [-0.4, -0.2) is 47.3 Å². The summed E-state index contributed by atoms with van der Waals surface area (Å²) in [5, 5.41) is 2.37. The van der Waals surface area contributed by atoms with Crippen LogP contribution in [0, 0.1) is 5.92 Å². The van der Waals surface area contributed by atoms with Crippen LogP contribution < -0.4 is 10.0 Å². The molecule has 0 radical (unpaired) electrons. The highest BCUT2D eigenvalue weighted by molar-refractivity contribution is 7.89. The number of halogens is 1. The summed E-state index contributed by atoms with van der Waals surface area (Å²) in [6.45, 7) is 1.11. The van der Waals surface area contributed by atoms with Gasteiger partial charge < -0.3 is 10.1 Å². The van der Waals surface area contributed by atoms with E-state index in [1.165, 1.54) is 24.3 Å². The first-order chi connectivity index (χ1) is 11.5. The summed E-state index contributed by atoms with van der Waals surface area (Å²) in [5.74, 6) is 0.0166. The molecule has 1 aromatic rings. The Labute approximate surface area is 141 Å². The molecular formula is C16H23FN2O4S. The third-order valence-electron chi connectivity index (χ3n) is 3.89. The molecule has 2 N–H and O–H groups in total. The van der Waals surface area contributed by atoms with Gasteiger partial charge in [0, 0.05) is 31.9 Å². The first kappa shape index (κ1) is 18.8. The predicted octanol–water partition coefficient (Wildman–Crippen LogP) is 1.48. The van der Waals surface area contributed by atoms with Gasteiger partial charge in [0.15, 0.2) is 0 Å². The van der Waals surface area contributed by atoms with Crippen LogP contribution in [-0.2, 0) is 14.8 Å². The molecule has 1 aliphatic rings. The fourth-order valence-corrected chi connectivity index (χ4v) is 3.68. The molecule has 1 aromatic carbocycles. The van der Waals surface area contributed by atoms with Crippen LogP contribution in [0.15, 0.2) is 29.2 Å². The Bertz CT molecular complexity index is 645. The number of nitrogens with one attached hydrogen (secondary N) is 2. The zero-order chi connectivity index (χ0) is 17.4. The van der Waals surface area contributed by atoms with Gasteiger partial charge in [0.25, 0.3) is 5.91 Å². The summed E-state index contributed by atoms with van der Waals surface area (Å²) in [6.07, 6.45) is 2.70. The number of rotatable bonds is 9. The van der Waals surface area contributed by atoms with Crippen molar-refractivity contribution in [1.82, 2.24) is 10.0 Å². The van der Waals surface area contributed by atoms with E-state index in [0.29, 0.717) is 12.5 Å². The maximum atomic E-state index is 12.3. The zero-order valence-corrected chi connectivity index (χ0v) is 14.3. The normalized spacial score (nSPS) is 17.8. The Hall–Kier alpha value is -1.51. The van der Waals surface area contributed by atoms with Crippen LogP contribution in [0.25, 0.3) is 0 Å². The monoisotopic (exact) mass is 358 g/mol. The molecule has 1 amide bonds. The lowest BCUT2D eigenvalue weighted by Crippen LogP contribution is -2.27. The standard InChI is InChI=1S/C16H23FN2O4S/c17-7-9-18-16(20)14-4-1-5-15(11-14)24(21,22)19-8-2-3-13-6-10-23-12-13/h1,4-5,11,13,19H,2-3,6-10,12H2,(H,18,20)/t13-/m1/s1. The summed E-state index contributed by atoms with van der Waals surface area (Å²) in [4.78, 5) is 11.8. The molecule has 0 bridgehead atoms. The predicted molar refractivity (Wildman–Crippen MR) is 88.1 cm³/mol. The largest absolute Gasteiger partial charge is 0.381 e. The molecule has 1 fully saturated rings. The number of carbonyl (C=O) groups is 1. The zero-order valence-electron chi connectivity index (χ0n) is 13.5. The van der Waals surface area contributed by atoms with Crippen LogP contribution in [0.1, 0.15) is 29.6 Å². The molecule has 6 nitrogen and oxygen atoms in total. The second-order valence-corrected chi connectivity index (χ2v) is 7.51. The number of ether oxygens (including phenoxy) is 1. The average Bonchev–Trinajstić information content (AvgIpc) is 3.10. The summed E-state index contributed by atoms with van der Waals surface area (Å²) >= 11 is 0. The minimum Gasteiger partial charge on any atom is -0.381 e. The van der Waals surface area contributed by atoms with E-state index in [0.717, 1.165) is 32.5 Å². The van der Waals surface area contributed by atoms with Crippen LogP contribution in [0.2, 0.25) is 0 Å². The smallest absolute Gasteiger partial charge is 0.251 e. The molecule has 0 spiro atoms. The topological polar surface area (TPSA) is 84.5 Å². The number of amides is 1. The molecule has 24 heavy (non-hydrogen) atoms. The Balaban J connectivity index is 1.89. The van der Waals surface area contributed by atoms with E-state index in [-0.39, 0.29) is 17.0 Å². The van der Waals surface area contributed by atoms with Crippen LogP contribution >= 0.6 is 0 Å². The maximum Gasteiger partial charge on any atom is 0.251 e. The molecule has 134 valence electrons. The average molecular weight is 358 g/mol. The van der Waals surface area contributed by atoms with Crippen molar-refractivity contribution in [3.05, 3.63) is 29.8 Å². The van der Waals surface area contributed by atoms with Gasteiger partial charge >= 0.3 is 0 Å². The third kappa shape index (κ3) is 5.54. The van der Waals surface area contributed by atoms with Gasteiger partial charge in [0.1, 0.15) is 6.67 Å². The van der Waals surface area contributed by atoms with E-state index in [4.69, 9.17) is 4.74 Å². The van der Waals surface area contributed by atoms with Crippen molar-refractivity contribution in [3.63, 3.8) is 0 Å². The van der Waals surface area contributed by atoms with Gasteiger partial charge in [-0.2, -0.15) is 0 Å². The lowest BCUT2D eigenvalue weighted by atomic mass is 10.0. The van der Waals surface area contributed by atoms with Crippen molar-refractivity contribution in [2.45, 2.75) is 24.2 Å². The highest BCUT2D eigenvalue weighted by Gasteiger charge is 2.18. The SMILES string of the molecule is O=C(NCCF)c1cccc(S(=O)(=O)NCCC[C@@H]2CCOC2)c1. The molecule has 0 saturated carbocycles.